The molecule has 0 aromatic heterocycles. The first kappa shape index (κ1) is 7.34. The van der Waals surface area contributed by atoms with Gasteiger partial charge in [-0.1, -0.05) is 0 Å². The van der Waals surface area contributed by atoms with Crippen molar-refractivity contribution in [3.63, 3.8) is 0 Å². The number of urea groups is 1. The first-order valence-electron chi connectivity index (χ1n) is 3.30. The Labute approximate surface area is 60.1 Å². The Hall–Kier alpha value is -0.770. The van der Waals surface area contributed by atoms with Gasteiger partial charge >= 0.3 is 6.03 Å². The maximum Gasteiger partial charge on any atom is 0.339 e. The van der Waals surface area contributed by atoms with Crippen molar-refractivity contribution in [2.24, 2.45) is 0 Å². The summed E-state index contributed by atoms with van der Waals surface area (Å²) in [4.78, 5) is 12.5. The van der Waals surface area contributed by atoms with Crippen molar-refractivity contribution in [3.05, 3.63) is 0 Å². The molecule has 1 fully saturated rings. The summed E-state index contributed by atoms with van der Waals surface area (Å²) in [5, 5.41) is 3.70. The summed E-state index contributed by atoms with van der Waals surface area (Å²) < 4.78 is 4.82. The van der Waals surface area contributed by atoms with Crippen molar-refractivity contribution < 1.29 is 9.53 Å². The van der Waals surface area contributed by atoms with Gasteiger partial charge in [0.15, 0.2) is 0 Å². The minimum atomic E-state index is -0.1000. The van der Waals surface area contributed by atoms with Crippen LogP contribution in [0.4, 0.5) is 4.79 Å². The quantitative estimate of drug-likeness (QED) is 0.543. The number of nitrogens with zero attached hydrogens (tertiary/aromatic N) is 2. The molecule has 2 amide bonds. The molecule has 10 heavy (non-hydrogen) atoms. The number of hydrogen-bond acceptors (Lipinski definition) is 2. The third kappa shape index (κ3) is 1.60. The molecule has 0 unspecified atom stereocenters. The van der Waals surface area contributed by atoms with Crippen molar-refractivity contribution in [3.8, 4) is 0 Å². The molecule has 0 saturated carbocycles. The van der Waals surface area contributed by atoms with E-state index in [0.29, 0.717) is 19.7 Å². The Balaban J connectivity index is 2.20. The molecule has 1 aliphatic rings. The summed E-state index contributed by atoms with van der Waals surface area (Å²) in [6.45, 7) is 2.66. The van der Waals surface area contributed by atoms with Crippen LogP contribution in [0.25, 0.3) is 0 Å². The highest BCUT2D eigenvalue weighted by Gasteiger charge is 2.19. The number of methoxy groups -OCH3 is 1. The Morgan fingerprint density at radius 3 is 3.10 bits per heavy atom. The Morgan fingerprint density at radius 2 is 2.60 bits per heavy atom. The predicted octanol–water partition coefficient (Wildman–Crippen LogP) is -0.327. The lowest BCUT2D eigenvalue weighted by molar-refractivity contribution is 0.161. The van der Waals surface area contributed by atoms with Crippen LogP contribution in [0.15, 0.2) is 0 Å². The van der Waals surface area contributed by atoms with Gasteiger partial charge in [0.25, 0.3) is 0 Å². The van der Waals surface area contributed by atoms with Gasteiger partial charge in [-0.3, -0.25) is 0 Å². The summed E-state index contributed by atoms with van der Waals surface area (Å²) in [6, 6.07) is -0.1000. The fraction of sp³-hybridized carbons (Fsp3) is 0.833. The molecule has 1 rings (SSSR count). The molecule has 4 nitrogen and oxygen atoms in total. The van der Waals surface area contributed by atoms with E-state index in [1.165, 1.54) is 0 Å². The van der Waals surface area contributed by atoms with Gasteiger partial charge in [0.1, 0.15) is 0 Å². The standard InChI is InChI=1S/C6H11N2O2/c1-10-5-4-8-3-2-7-6(8)9/h2-5H2,1H3. The SMILES string of the molecule is COCCN1CC[N]C1=O. The van der Waals surface area contributed by atoms with E-state index in [9.17, 15) is 4.79 Å². The molecular formula is C6H11N2O2. The van der Waals surface area contributed by atoms with E-state index in [1.54, 1.807) is 12.0 Å². The van der Waals surface area contributed by atoms with Crippen molar-refractivity contribution in [1.82, 2.24) is 10.2 Å². The Kier molecular flexibility index (Phi) is 2.50. The zero-order valence-corrected chi connectivity index (χ0v) is 6.04. The molecule has 4 heteroatoms. The smallest absolute Gasteiger partial charge is 0.339 e. The lowest BCUT2D eigenvalue weighted by Crippen LogP contribution is -2.29. The molecule has 0 bridgehead atoms. The van der Waals surface area contributed by atoms with Crippen LogP contribution in [-0.2, 0) is 4.74 Å². The van der Waals surface area contributed by atoms with Crippen molar-refractivity contribution in [2.45, 2.75) is 0 Å². The van der Waals surface area contributed by atoms with Gasteiger partial charge in [0.05, 0.1) is 13.2 Å². The second-order valence-corrected chi connectivity index (χ2v) is 2.14. The minimum Gasteiger partial charge on any atom is -0.383 e. The van der Waals surface area contributed by atoms with E-state index in [1.807, 2.05) is 0 Å². The molecule has 1 heterocycles. The van der Waals surface area contributed by atoms with Gasteiger partial charge in [-0.05, 0) is 0 Å². The third-order valence-electron chi connectivity index (χ3n) is 1.45. The van der Waals surface area contributed by atoms with E-state index in [-0.39, 0.29) is 6.03 Å². The molecule has 0 aliphatic carbocycles. The second-order valence-electron chi connectivity index (χ2n) is 2.14. The summed E-state index contributed by atoms with van der Waals surface area (Å²) in [7, 11) is 1.62. The van der Waals surface area contributed by atoms with Crippen LogP contribution in [0.3, 0.4) is 0 Å². The number of carbonyl (C=O) groups is 1. The fourth-order valence-electron chi connectivity index (χ4n) is 0.871. The zero-order valence-electron chi connectivity index (χ0n) is 6.04. The van der Waals surface area contributed by atoms with Crippen LogP contribution in [0.5, 0.6) is 0 Å². The number of rotatable bonds is 3. The highest BCUT2D eigenvalue weighted by Crippen LogP contribution is 1.96. The van der Waals surface area contributed by atoms with Crippen LogP contribution in [0.1, 0.15) is 0 Å². The Bertz CT molecular complexity index is 127. The van der Waals surface area contributed by atoms with Gasteiger partial charge in [-0.25, -0.2) is 10.1 Å². The van der Waals surface area contributed by atoms with Crippen molar-refractivity contribution in [2.75, 3.05) is 33.4 Å². The first-order chi connectivity index (χ1) is 4.84. The lowest BCUT2D eigenvalue weighted by atomic mass is 10.5. The molecule has 0 aromatic carbocycles. The van der Waals surface area contributed by atoms with Crippen molar-refractivity contribution in [1.29, 1.82) is 0 Å². The van der Waals surface area contributed by atoms with Crippen LogP contribution in [0, 0.1) is 0 Å². The molecule has 57 valence electrons. The van der Waals surface area contributed by atoms with E-state index in [2.05, 4.69) is 5.32 Å². The molecule has 0 spiro atoms. The number of carbonyl (C=O) groups excluding carboxylic acids is 1. The second kappa shape index (κ2) is 3.41. The lowest BCUT2D eigenvalue weighted by Gasteiger charge is -2.11. The zero-order chi connectivity index (χ0) is 7.40. The number of amides is 2. The highest BCUT2D eigenvalue weighted by atomic mass is 16.5. The van der Waals surface area contributed by atoms with Crippen LogP contribution >= 0.6 is 0 Å². The van der Waals surface area contributed by atoms with Crippen LogP contribution < -0.4 is 5.32 Å². The van der Waals surface area contributed by atoms with Gasteiger partial charge in [-0.2, -0.15) is 0 Å². The molecule has 1 radical (unpaired) electrons. The van der Waals surface area contributed by atoms with Gasteiger partial charge in [0.2, 0.25) is 0 Å². The molecular weight excluding hydrogens is 132 g/mol. The molecule has 1 saturated heterocycles. The molecule has 0 atom stereocenters. The average Bonchev–Trinajstić information content (AvgIpc) is 2.31. The van der Waals surface area contributed by atoms with E-state index < -0.39 is 0 Å². The topological polar surface area (TPSA) is 43.6 Å². The fourth-order valence-corrected chi connectivity index (χ4v) is 0.871. The first-order valence-corrected chi connectivity index (χ1v) is 3.30. The maximum atomic E-state index is 10.8. The highest BCUT2D eigenvalue weighted by molar-refractivity contribution is 5.75. The van der Waals surface area contributed by atoms with E-state index >= 15 is 0 Å². The molecule has 1 aliphatic heterocycles. The Morgan fingerprint density at radius 1 is 1.80 bits per heavy atom. The van der Waals surface area contributed by atoms with Gasteiger partial charge < -0.3 is 9.64 Å². The number of ether oxygens (including phenoxy) is 1. The van der Waals surface area contributed by atoms with Crippen LogP contribution in [0.2, 0.25) is 0 Å². The van der Waals surface area contributed by atoms with Crippen molar-refractivity contribution >= 4 is 6.03 Å². The summed E-state index contributed by atoms with van der Waals surface area (Å²) in [6.07, 6.45) is 0. The molecule has 0 aromatic rings. The van der Waals surface area contributed by atoms with E-state index in [0.717, 1.165) is 6.54 Å². The summed E-state index contributed by atoms with van der Waals surface area (Å²) in [5.41, 5.74) is 0. The largest absolute Gasteiger partial charge is 0.383 e. The third-order valence-corrected chi connectivity index (χ3v) is 1.45. The maximum absolute atomic E-state index is 10.8. The van der Waals surface area contributed by atoms with Crippen LogP contribution in [-0.4, -0.2) is 44.3 Å². The van der Waals surface area contributed by atoms with Gasteiger partial charge in [0, 0.05) is 20.2 Å². The summed E-state index contributed by atoms with van der Waals surface area (Å²) in [5.74, 6) is 0. The van der Waals surface area contributed by atoms with Gasteiger partial charge in [-0.15, -0.1) is 0 Å². The normalized spacial score (nSPS) is 17.7. The van der Waals surface area contributed by atoms with E-state index in [4.69, 9.17) is 4.74 Å². The predicted molar refractivity (Wildman–Crippen MR) is 35.8 cm³/mol. The molecule has 0 N–H and O–H groups in total. The minimum absolute atomic E-state index is 0.1000. The monoisotopic (exact) mass is 143 g/mol. The average molecular weight is 143 g/mol. The summed E-state index contributed by atoms with van der Waals surface area (Å²) >= 11 is 0. The number of hydrogen-bond donors (Lipinski definition) is 0.